The number of hydrogen-bond acceptors (Lipinski definition) is 5. The molecule has 0 spiro atoms. The normalized spacial score (nSPS) is 10.9. The second-order valence-corrected chi connectivity index (χ2v) is 3.89. The molecule has 1 N–H and O–H groups in total. The van der Waals surface area contributed by atoms with Crippen LogP contribution in [0.2, 0.25) is 0 Å². The van der Waals surface area contributed by atoms with E-state index < -0.39 is 0 Å². The van der Waals surface area contributed by atoms with Crippen LogP contribution in [0.5, 0.6) is 0 Å². The highest BCUT2D eigenvalue weighted by Crippen LogP contribution is 1.98. The summed E-state index contributed by atoms with van der Waals surface area (Å²) < 4.78 is 6.63. The number of hydrogen-bond donors (Lipinski definition) is 1. The van der Waals surface area contributed by atoms with Crippen LogP contribution in [0.25, 0.3) is 0 Å². The van der Waals surface area contributed by atoms with Crippen molar-refractivity contribution < 1.29 is 4.52 Å². The third kappa shape index (κ3) is 3.67. The molecule has 0 aromatic carbocycles. The van der Waals surface area contributed by atoms with Gasteiger partial charge in [-0.3, -0.25) is 4.68 Å². The molecule has 2 aromatic rings. The van der Waals surface area contributed by atoms with Crippen molar-refractivity contribution in [3.8, 4) is 0 Å². The third-order valence-electron chi connectivity index (χ3n) is 2.40. The molecule has 0 aliphatic carbocycles. The molecule has 2 rings (SSSR count). The molecule has 0 atom stereocenters. The van der Waals surface area contributed by atoms with E-state index in [1.165, 1.54) is 12.0 Å². The van der Waals surface area contributed by atoms with Crippen LogP contribution < -0.4 is 5.32 Å². The lowest BCUT2D eigenvalue weighted by atomic mass is 10.3. The topological polar surface area (TPSA) is 68.8 Å². The van der Waals surface area contributed by atoms with Gasteiger partial charge in [0.1, 0.15) is 0 Å². The van der Waals surface area contributed by atoms with Crippen LogP contribution in [-0.2, 0) is 19.5 Å². The first-order chi connectivity index (χ1) is 8.38. The SMILES string of the molecule is CCCn1cc(CNCCc2ncon2)cn1. The van der Waals surface area contributed by atoms with Gasteiger partial charge in [-0.2, -0.15) is 10.1 Å². The number of aromatic nitrogens is 4. The summed E-state index contributed by atoms with van der Waals surface area (Å²) in [5.74, 6) is 0.735. The fourth-order valence-corrected chi connectivity index (χ4v) is 1.58. The molecule has 6 nitrogen and oxygen atoms in total. The van der Waals surface area contributed by atoms with Crippen LogP contribution in [0.1, 0.15) is 24.7 Å². The molecular formula is C11H17N5O. The molecule has 0 saturated heterocycles. The summed E-state index contributed by atoms with van der Waals surface area (Å²) in [4.78, 5) is 3.96. The Morgan fingerprint density at radius 1 is 1.47 bits per heavy atom. The molecule has 0 aliphatic rings. The first-order valence-corrected chi connectivity index (χ1v) is 5.85. The Morgan fingerprint density at radius 3 is 3.18 bits per heavy atom. The second-order valence-electron chi connectivity index (χ2n) is 3.89. The highest BCUT2D eigenvalue weighted by Gasteiger charge is 1.99. The van der Waals surface area contributed by atoms with E-state index in [-0.39, 0.29) is 0 Å². The molecule has 0 amide bonds. The maximum atomic E-state index is 4.66. The van der Waals surface area contributed by atoms with Gasteiger partial charge in [-0.25, -0.2) is 0 Å². The van der Waals surface area contributed by atoms with Gasteiger partial charge in [-0.1, -0.05) is 12.1 Å². The molecule has 0 bridgehead atoms. The smallest absolute Gasteiger partial charge is 0.213 e. The standard InChI is InChI=1S/C11H17N5O/c1-2-5-16-8-10(7-14-16)6-12-4-3-11-13-9-17-15-11/h7-9,12H,2-6H2,1H3. The highest BCUT2D eigenvalue weighted by atomic mass is 16.5. The van der Waals surface area contributed by atoms with Crippen molar-refractivity contribution in [2.75, 3.05) is 6.54 Å². The lowest BCUT2D eigenvalue weighted by Gasteiger charge is -2.00. The third-order valence-corrected chi connectivity index (χ3v) is 2.40. The first kappa shape index (κ1) is 11.8. The Hall–Kier alpha value is -1.69. The lowest BCUT2D eigenvalue weighted by Crippen LogP contribution is -2.16. The Morgan fingerprint density at radius 2 is 2.41 bits per heavy atom. The number of aryl methyl sites for hydroxylation is 1. The zero-order valence-corrected chi connectivity index (χ0v) is 9.96. The predicted molar refractivity (Wildman–Crippen MR) is 62.2 cm³/mol. The molecule has 2 heterocycles. The Balaban J connectivity index is 1.67. The Bertz CT molecular complexity index is 423. The Kier molecular flexibility index (Phi) is 4.26. The molecule has 6 heteroatoms. The van der Waals surface area contributed by atoms with Crippen molar-refractivity contribution in [2.45, 2.75) is 32.9 Å². The molecule has 0 saturated carbocycles. The number of nitrogens with one attached hydrogen (secondary N) is 1. The van der Waals surface area contributed by atoms with Gasteiger partial charge in [0.15, 0.2) is 5.82 Å². The summed E-state index contributed by atoms with van der Waals surface area (Å²) >= 11 is 0. The molecule has 0 radical (unpaired) electrons. The maximum Gasteiger partial charge on any atom is 0.213 e. The minimum absolute atomic E-state index is 0.735. The van der Waals surface area contributed by atoms with Crippen LogP contribution in [0.4, 0.5) is 0 Å². The van der Waals surface area contributed by atoms with E-state index in [9.17, 15) is 0 Å². The van der Waals surface area contributed by atoms with Gasteiger partial charge in [-0.05, 0) is 6.42 Å². The largest absolute Gasteiger partial charge is 0.343 e. The van der Waals surface area contributed by atoms with Gasteiger partial charge in [-0.15, -0.1) is 0 Å². The van der Waals surface area contributed by atoms with E-state index >= 15 is 0 Å². The molecular weight excluding hydrogens is 218 g/mol. The molecule has 17 heavy (non-hydrogen) atoms. The van der Waals surface area contributed by atoms with Crippen LogP contribution >= 0.6 is 0 Å². The number of rotatable bonds is 7. The van der Waals surface area contributed by atoms with Crippen molar-refractivity contribution in [1.82, 2.24) is 25.2 Å². The van der Waals surface area contributed by atoms with Crippen LogP contribution in [0.15, 0.2) is 23.3 Å². The van der Waals surface area contributed by atoms with Gasteiger partial charge in [0.05, 0.1) is 6.20 Å². The van der Waals surface area contributed by atoms with Gasteiger partial charge in [0.2, 0.25) is 6.39 Å². The summed E-state index contributed by atoms with van der Waals surface area (Å²) in [6, 6.07) is 0. The van der Waals surface area contributed by atoms with E-state index in [0.29, 0.717) is 0 Å². The quantitative estimate of drug-likeness (QED) is 0.725. The van der Waals surface area contributed by atoms with Crippen LogP contribution in [0.3, 0.4) is 0 Å². The van der Waals surface area contributed by atoms with E-state index in [0.717, 1.165) is 38.3 Å². The molecule has 0 unspecified atom stereocenters. The van der Waals surface area contributed by atoms with Crippen molar-refractivity contribution in [2.24, 2.45) is 0 Å². The minimum Gasteiger partial charge on any atom is -0.343 e. The summed E-state index contributed by atoms with van der Waals surface area (Å²) in [6.07, 6.45) is 7.21. The van der Waals surface area contributed by atoms with E-state index in [4.69, 9.17) is 0 Å². The zero-order valence-electron chi connectivity index (χ0n) is 9.96. The fraction of sp³-hybridized carbons (Fsp3) is 0.545. The van der Waals surface area contributed by atoms with E-state index in [1.54, 1.807) is 0 Å². The highest BCUT2D eigenvalue weighted by molar-refractivity contribution is 5.03. The summed E-state index contributed by atoms with van der Waals surface area (Å²) in [6.45, 7) is 4.77. The minimum atomic E-state index is 0.735. The summed E-state index contributed by atoms with van der Waals surface area (Å²) in [5.41, 5.74) is 1.20. The molecule has 92 valence electrons. The van der Waals surface area contributed by atoms with E-state index in [1.807, 2.05) is 10.9 Å². The van der Waals surface area contributed by atoms with Crippen LogP contribution in [-0.4, -0.2) is 26.5 Å². The monoisotopic (exact) mass is 235 g/mol. The van der Waals surface area contributed by atoms with Crippen molar-refractivity contribution in [1.29, 1.82) is 0 Å². The van der Waals surface area contributed by atoms with Gasteiger partial charge >= 0.3 is 0 Å². The molecule has 0 aliphatic heterocycles. The van der Waals surface area contributed by atoms with Crippen LogP contribution in [0, 0.1) is 0 Å². The second kappa shape index (κ2) is 6.15. The average molecular weight is 235 g/mol. The summed E-state index contributed by atoms with van der Waals surface area (Å²) in [5, 5.41) is 11.3. The summed E-state index contributed by atoms with van der Waals surface area (Å²) in [7, 11) is 0. The number of nitrogens with zero attached hydrogens (tertiary/aromatic N) is 4. The predicted octanol–water partition coefficient (Wildman–Crippen LogP) is 1.01. The first-order valence-electron chi connectivity index (χ1n) is 5.85. The van der Waals surface area contributed by atoms with E-state index in [2.05, 4.69) is 38.2 Å². The Labute approximate surface area is 100 Å². The van der Waals surface area contributed by atoms with Gasteiger partial charge in [0, 0.05) is 37.8 Å². The van der Waals surface area contributed by atoms with Crippen molar-refractivity contribution >= 4 is 0 Å². The molecule has 0 fully saturated rings. The van der Waals surface area contributed by atoms with Crippen molar-refractivity contribution in [3.63, 3.8) is 0 Å². The van der Waals surface area contributed by atoms with Gasteiger partial charge in [0.25, 0.3) is 0 Å². The lowest BCUT2D eigenvalue weighted by molar-refractivity contribution is 0.409. The average Bonchev–Trinajstić information content (AvgIpc) is 2.96. The molecule has 2 aromatic heterocycles. The maximum absolute atomic E-state index is 4.66. The van der Waals surface area contributed by atoms with Gasteiger partial charge < -0.3 is 9.84 Å². The van der Waals surface area contributed by atoms with Crippen molar-refractivity contribution in [3.05, 3.63) is 30.2 Å². The fourth-order valence-electron chi connectivity index (χ4n) is 1.58. The zero-order chi connectivity index (χ0) is 11.9.